The first-order valence-corrected chi connectivity index (χ1v) is 14.9. The van der Waals surface area contributed by atoms with Gasteiger partial charge in [-0.3, -0.25) is 14.6 Å². The molecule has 0 aromatic carbocycles. The van der Waals surface area contributed by atoms with E-state index in [1.165, 1.54) is 37.0 Å². The summed E-state index contributed by atoms with van der Waals surface area (Å²) < 4.78 is 5.54. The lowest BCUT2D eigenvalue weighted by molar-refractivity contribution is -0.118. The molecule has 6 nitrogen and oxygen atoms in total. The molecule has 1 aromatic heterocycles. The maximum absolute atomic E-state index is 13.1. The van der Waals surface area contributed by atoms with Crippen LogP contribution in [0.1, 0.15) is 79.6 Å². The van der Waals surface area contributed by atoms with E-state index in [2.05, 4.69) is 15.1 Å². The van der Waals surface area contributed by atoms with Crippen molar-refractivity contribution < 1.29 is 14.3 Å². The Hall–Kier alpha value is -1.44. The van der Waals surface area contributed by atoms with E-state index in [4.69, 9.17) is 4.74 Å². The second-order valence-corrected chi connectivity index (χ2v) is 13.3. The predicted octanol–water partition coefficient (Wildman–Crippen LogP) is 4.57. The Balaban J connectivity index is 1.06. The number of nitrogens with zero attached hydrogens (tertiary/aromatic N) is 2. The summed E-state index contributed by atoms with van der Waals surface area (Å²) in [7, 11) is 0. The molecule has 4 bridgehead atoms. The summed E-state index contributed by atoms with van der Waals surface area (Å²) in [5.41, 5.74) is 1.71. The lowest BCUT2D eigenvalue weighted by atomic mass is 9.54. The van der Waals surface area contributed by atoms with Crippen LogP contribution >= 0.6 is 11.3 Å². The number of hydrogen-bond acceptors (Lipinski definition) is 6. The van der Waals surface area contributed by atoms with E-state index in [1.54, 1.807) is 11.3 Å². The molecule has 0 radical (unpaired) electrons. The smallest absolute Gasteiger partial charge is 0.341 e. The SMILES string of the molecule is CC(C)OC(=O)c1c(NC(=O)CN2CCN(C3C4CC5CC(C4)CC3C5)CC2)sc2c1CCCC2. The summed E-state index contributed by atoms with van der Waals surface area (Å²) in [4.78, 5) is 32.3. The Bertz CT molecular complexity index is 937. The monoisotopic (exact) mass is 499 g/mol. The average molecular weight is 500 g/mol. The van der Waals surface area contributed by atoms with Gasteiger partial charge in [0.05, 0.1) is 18.2 Å². The van der Waals surface area contributed by atoms with Gasteiger partial charge in [-0.2, -0.15) is 0 Å². The zero-order valence-corrected chi connectivity index (χ0v) is 22.2. The first-order valence-electron chi connectivity index (χ1n) is 14.1. The van der Waals surface area contributed by atoms with Gasteiger partial charge in [-0.05, 0) is 101 Å². The van der Waals surface area contributed by atoms with E-state index in [9.17, 15) is 9.59 Å². The van der Waals surface area contributed by atoms with Gasteiger partial charge < -0.3 is 10.1 Å². The Morgan fingerprint density at radius 3 is 2.29 bits per heavy atom. The molecule has 1 amide bonds. The molecule has 6 aliphatic rings. The van der Waals surface area contributed by atoms with Gasteiger partial charge in [-0.1, -0.05) is 0 Å². The van der Waals surface area contributed by atoms with Gasteiger partial charge in [0, 0.05) is 37.1 Å². The van der Waals surface area contributed by atoms with E-state index in [0.29, 0.717) is 17.1 Å². The zero-order chi connectivity index (χ0) is 24.1. The number of aryl methyl sites for hydroxylation is 1. The van der Waals surface area contributed by atoms with Crippen LogP contribution in [0.5, 0.6) is 0 Å². The molecular formula is C28H41N3O3S. The second-order valence-electron chi connectivity index (χ2n) is 12.2. The number of amides is 1. The summed E-state index contributed by atoms with van der Waals surface area (Å²) >= 11 is 1.58. The number of hydrogen-bond donors (Lipinski definition) is 1. The van der Waals surface area contributed by atoms with Crippen molar-refractivity contribution in [3.63, 3.8) is 0 Å². The van der Waals surface area contributed by atoms with Crippen molar-refractivity contribution in [3.05, 3.63) is 16.0 Å². The molecule has 192 valence electrons. The molecule has 1 saturated heterocycles. The highest BCUT2D eigenvalue weighted by Gasteiger charge is 2.50. The predicted molar refractivity (Wildman–Crippen MR) is 139 cm³/mol. The van der Waals surface area contributed by atoms with Gasteiger partial charge >= 0.3 is 5.97 Å². The first-order chi connectivity index (χ1) is 16.9. The minimum absolute atomic E-state index is 0.00901. The largest absolute Gasteiger partial charge is 0.459 e. The number of rotatable bonds is 6. The Morgan fingerprint density at radius 1 is 0.971 bits per heavy atom. The van der Waals surface area contributed by atoms with Gasteiger partial charge in [0.1, 0.15) is 5.00 Å². The third kappa shape index (κ3) is 4.80. The summed E-state index contributed by atoms with van der Waals surface area (Å²) in [5, 5.41) is 3.80. The number of anilines is 1. The van der Waals surface area contributed by atoms with Crippen LogP contribution < -0.4 is 5.32 Å². The summed E-state index contributed by atoms with van der Waals surface area (Å²) in [6.45, 7) is 8.23. The number of carbonyl (C=O) groups is 2. The standard InChI is InChI=1S/C28H41N3O3S/c1-17(2)34-28(33)25-22-5-3-4-6-23(22)35-27(25)29-24(32)16-30-7-9-31(10-8-30)26-20-12-18-11-19(14-20)15-21(26)13-18/h17-21,26H,3-16H2,1-2H3,(H,29,32). The van der Waals surface area contributed by atoms with Crippen LogP contribution in [0.4, 0.5) is 5.00 Å². The number of fused-ring (bicyclic) bond motifs is 1. The third-order valence-electron chi connectivity index (χ3n) is 9.34. The molecular weight excluding hydrogens is 458 g/mol. The highest BCUT2D eigenvalue weighted by atomic mass is 32.1. The minimum Gasteiger partial charge on any atom is -0.459 e. The van der Waals surface area contributed by atoms with Crippen LogP contribution in [0.2, 0.25) is 0 Å². The van der Waals surface area contributed by atoms with E-state index < -0.39 is 0 Å². The number of esters is 1. The van der Waals surface area contributed by atoms with E-state index >= 15 is 0 Å². The number of carbonyl (C=O) groups excluding carboxylic acids is 2. The Morgan fingerprint density at radius 2 is 1.63 bits per heavy atom. The first kappa shape index (κ1) is 23.9. The van der Waals surface area contributed by atoms with Gasteiger partial charge in [-0.25, -0.2) is 4.79 Å². The van der Waals surface area contributed by atoms with E-state index in [-0.39, 0.29) is 18.0 Å². The molecule has 5 fully saturated rings. The maximum atomic E-state index is 13.1. The number of nitrogens with one attached hydrogen (secondary N) is 1. The normalized spacial score (nSPS) is 32.6. The zero-order valence-electron chi connectivity index (χ0n) is 21.4. The molecule has 0 unspecified atom stereocenters. The van der Waals surface area contributed by atoms with Crippen molar-refractivity contribution in [3.8, 4) is 0 Å². The minimum atomic E-state index is -0.293. The fourth-order valence-electron chi connectivity index (χ4n) is 8.22. The van der Waals surface area contributed by atoms with Crippen LogP contribution in [0.3, 0.4) is 0 Å². The number of ether oxygens (including phenoxy) is 1. The molecule has 5 aliphatic carbocycles. The Labute approximate surface area is 213 Å². The van der Waals surface area contributed by atoms with E-state index in [0.717, 1.165) is 87.1 Å². The van der Waals surface area contributed by atoms with Crippen molar-refractivity contribution in [2.75, 3.05) is 38.0 Å². The Kier molecular flexibility index (Phi) is 6.69. The van der Waals surface area contributed by atoms with Crippen molar-refractivity contribution in [1.82, 2.24) is 9.80 Å². The lowest BCUT2D eigenvalue weighted by Crippen LogP contribution is -2.60. The summed E-state index contributed by atoms with van der Waals surface area (Å²) in [6, 6.07) is 0.797. The number of thiophene rings is 1. The van der Waals surface area contributed by atoms with Crippen molar-refractivity contribution >= 4 is 28.2 Å². The van der Waals surface area contributed by atoms with Gasteiger partial charge in [0.2, 0.25) is 5.91 Å². The van der Waals surface area contributed by atoms with Crippen LogP contribution in [0.25, 0.3) is 0 Å². The van der Waals surface area contributed by atoms with Crippen molar-refractivity contribution in [2.45, 2.75) is 83.8 Å². The quantitative estimate of drug-likeness (QED) is 0.581. The molecule has 7 rings (SSSR count). The molecule has 0 spiro atoms. The summed E-state index contributed by atoms with van der Waals surface area (Å²) in [5.74, 6) is 3.59. The van der Waals surface area contributed by atoms with Crippen LogP contribution in [-0.2, 0) is 22.4 Å². The number of piperazine rings is 1. The fourth-order valence-corrected chi connectivity index (χ4v) is 9.52. The van der Waals surface area contributed by atoms with Crippen LogP contribution in [0.15, 0.2) is 0 Å². The molecule has 7 heteroatoms. The van der Waals surface area contributed by atoms with Gasteiger partial charge in [-0.15, -0.1) is 11.3 Å². The summed E-state index contributed by atoms with van der Waals surface area (Å²) in [6.07, 6.45) is 11.3. The van der Waals surface area contributed by atoms with Crippen molar-refractivity contribution in [2.24, 2.45) is 23.7 Å². The topological polar surface area (TPSA) is 61.9 Å². The highest BCUT2D eigenvalue weighted by molar-refractivity contribution is 7.17. The molecule has 0 atom stereocenters. The molecule has 1 N–H and O–H groups in total. The molecule has 35 heavy (non-hydrogen) atoms. The third-order valence-corrected chi connectivity index (χ3v) is 10.6. The van der Waals surface area contributed by atoms with Crippen LogP contribution in [-0.4, -0.2) is 66.5 Å². The lowest BCUT2D eigenvalue weighted by Gasteiger charge is -2.58. The average Bonchev–Trinajstić information content (AvgIpc) is 3.16. The van der Waals surface area contributed by atoms with Crippen LogP contribution in [0, 0.1) is 23.7 Å². The molecule has 1 aromatic rings. The second kappa shape index (κ2) is 9.79. The molecule has 1 aliphatic heterocycles. The molecule has 4 saturated carbocycles. The molecule has 2 heterocycles. The van der Waals surface area contributed by atoms with Gasteiger partial charge in [0.15, 0.2) is 0 Å². The van der Waals surface area contributed by atoms with Crippen molar-refractivity contribution in [1.29, 1.82) is 0 Å². The highest BCUT2D eigenvalue weighted by Crippen LogP contribution is 2.55. The fraction of sp³-hybridized carbons (Fsp3) is 0.786. The maximum Gasteiger partial charge on any atom is 0.341 e. The van der Waals surface area contributed by atoms with Gasteiger partial charge in [0.25, 0.3) is 0 Å². The van der Waals surface area contributed by atoms with E-state index in [1.807, 2.05) is 13.8 Å².